The van der Waals surface area contributed by atoms with E-state index in [0.29, 0.717) is 17.3 Å². The average molecular weight is 281 g/mol. The maximum absolute atomic E-state index is 13.0. The Morgan fingerprint density at radius 2 is 2.05 bits per heavy atom. The van der Waals surface area contributed by atoms with Crippen molar-refractivity contribution < 1.29 is 4.39 Å². The number of anilines is 3. The lowest BCUT2D eigenvalue weighted by atomic mass is 10.3. The Kier molecular flexibility index (Phi) is 4.52. The van der Waals surface area contributed by atoms with Crippen LogP contribution in [0.2, 0.25) is 5.02 Å². The monoisotopic (exact) mass is 280 g/mol. The molecule has 19 heavy (non-hydrogen) atoms. The molecule has 0 amide bonds. The third kappa shape index (κ3) is 3.79. The molecule has 2 rings (SSSR count). The molecule has 2 N–H and O–H groups in total. The minimum absolute atomic E-state index is 0.0678. The molecule has 0 atom stereocenters. The normalized spacial score (nSPS) is 10.3. The minimum Gasteiger partial charge on any atom is -0.369 e. The smallest absolute Gasteiger partial charge is 0.151 e. The number of nitrogens with one attached hydrogen (secondary N) is 2. The van der Waals surface area contributed by atoms with Gasteiger partial charge in [0.05, 0.1) is 17.4 Å². The molecule has 0 aliphatic rings. The molecule has 1 heterocycles. The summed E-state index contributed by atoms with van der Waals surface area (Å²) in [5.41, 5.74) is 0.661. The van der Waals surface area contributed by atoms with Crippen molar-refractivity contribution in [3.63, 3.8) is 0 Å². The summed E-state index contributed by atoms with van der Waals surface area (Å²) < 4.78 is 13.0. The van der Waals surface area contributed by atoms with Crippen LogP contribution in [0.5, 0.6) is 0 Å². The van der Waals surface area contributed by atoms with E-state index in [-0.39, 0.29) is 5.02 Å². The van der Waals surface area contributed by atoms with Crippen molar-refractivity contribution in [2.75, 3.05) is 17.2 Å². The lowest BCUT2D eigenvalue weighted by molar-refractivity contribution is 0.628. The molecule has 0 radical (unpaired) electrons. The van der Waals surface area contributed by atoms with Crippen LogP contribution in [0.4, 0.5) is 21.7 Å². The fourth-order valence-corrected chi connectivity index (χ4v) is 1.67. The Hall–Kier alpha value is -1.88. The molecule has 2 aromatic rings. The molecule has 100 valence electrons. The third-order valence-electron chi connectivity index (χ3n) is 2.38. The predicted octanol–water partition coefficient (Wildman–Crippen LogP) is 3.83. The van der Waals surface area contributed by atoms with Gasteiger partial charge in [-0.05, 0) is 24.6 Å². The maximum Gasteiger partial charge on any atom is 0.151 e. The Bertz CT molecular complexity index is 562. The van der Waals surface area contributed by atoms with Crippen LogP contribution >= 0.6 is 11.6 Å². The number of nitrogens with zero attached hydrogens (tertiary/aromatic N) is 2. The molecular formula is C13H14ClFN4. The zero-order valence-corrected chi connectivity index (χ0v) is 11.2. The SMILES string of the molecule is CCCNc1cncc(Nc2ccc(F)c(Cl)c2)n1. The van der Waals surface area contributed by atoms with Crippen LogP contribution < -0.4 is 10.6 Å². The van der Waals surface area contributed by atoms with Gasteiger partial charge in [-0.25, -0.2) is 9.37 Å². The van der Waals surface area contributed by atoms with Crippen LogP contribution in [-0.2, 0) is 0 Å². The van der Waals surface area contributed by atoms with Gasteiger partial charge >= 0.3 is 0 Å². The van der Waals surface area contributed by atoms with Gasteiger partial charge < -0.3 is 10.6 Å². The van der Waals surface area contributed by atoms with Gasteiger partial charge in [0.15, 0.2) is 5.82 Å². The number of aromatic nitrogens is 2. The largest absolute Gasteiger partial charge is 0.369 e. The summed E-state index contributed by atoms with van der Waals surface area (Å²) in [6, 6.07) is 4.40. The van der Waals surface area contributed by atoms with Crippen LogP contribution in [-0.4, -0.2) is 16.5 Å². The van der Waals surface area contributed by atoms with Crippen LogP contribution in [0.15, 0.2) is 30.6 Å². The first-order chi connectivity index (χ1) is 9.19. The zero-order chi connectivity index (χ0) is 13.7. The summed E-state index contributed by atoms with van der Waals surface area (Å²) in [7, 11) is 0. The standard InChI is InChI=1S/C13H14ClFN4/c1-2-5-17-12-7-16-8-13(19-12)18-9-3-4-11(15)10(14)6-9/h3-4,6-8H,2,5H2,1H3,(H2,17,18,19). The molecule has 6 heteroatoms. The van der Waals surface area contributed by atoms with Crippen LogP contribution in [0.25, 0.3) is 0 Å². The first kappa shape index (κ1) is 13.5. The number of benzene rings is 1. The molecule has 1 aromatic carbocycles. The van der Waals surface area contributed by atoms with E-state index in [1.54, 1.807) is 18.5 Å². The van der Waals surface area contributed by atoms with Gasteiger partial charge in [0.25, 0.3) is 0 Å². The van der Waals surface area contributed by atoms with E-state index in [1.165, 1.54) is 12.1 Å². The topological polar surface area (TPSA) is 49.8 Å². The van der Waals surface area contributed by atoms with Gasteiger partial charge in [-0.15, -0.1) is 0 Å². The Morgan fingerprint density at radius 1 is 1.26 bits per heavy atom. The van der Waals surface area contributed by atoms with E-state index in [0.717, 1.165) is 13.0 Å². The highest BCUT2D eigenvalue weighted by Crippen LogP contribution is 2.22. The second-order valence-electron chi connectivity index (χ2n) is 3.97. The van der Waals surface area contributed by atoms with Crippen molar-refractivity contribution in [1.82, 2.24) is 9.97 Å². The van der Waals surface area contributed by atoms with Crippen LogP contribution in [0.1, 0.15) is 13.3 Å². The van der Waals surface area contributed by atoms with Crippen molar-refractivity contribution in [3.8, 4) is 0 Å². The number of hydrogen-bond donors (Lipinski definition) is 2. The third-order valence-corrected chi connectivity index (χ3v) is 2.67. The Labute approximate surface area is 116 Å². The summed E-state index contributed by atoms with van der Waals surface area (Å²) >= 11 is 5.72. The summed E-state index contributed by atoms with van der Waals surface area (Å²) in [5, 5.41) is 6.23. The first-order valence-electron chi connectivity index (χ1n) is 5.97. The van der Waals surface area contributed by atoms with Gasteiger partial charge in [-0.1, -0.05) is 18.5 Å². The van der Waals surface area contributed by atoms with Gasteiger partial charge in [0, 0.05) is 12.2 Å². The first-order valence-corrected chi connectivity index (χ1v) is 6.35. The lowest BCUT2D eigenvalue weighted by Crippen LogP contribution is -2.04. The lowest BCUT2D eigenvalue weighted by Gasteiger charge is -2.08. The number of hydrogen-bond acceptors (Lipinski definition) is 4. The molecule has 0 aliphatic carbocycles. The molecule has 0 saturated carbocycles. The van der Waals surface area contributed by atoms with Crippen molar-refractivity contribution in [2.24, 2.45) is 0 Å². The van der Waals surface area contributed by atoms with Crippen molar-refractivity contribution in [2.45, 2.75) is 13.3 Å². The van der Waals surface area contributed by atoms with Crippen molar-refractivity contribution in [1.29, 1.82) is 0 Å². The molecule has 0 aliphatic heterocycles. The van der Waals surface area contributed by atoms with Gasteiger partial charge in [0.2, 0.25) is 0 Å². The summed E-state index contributed by atoms with van der Waals surface area (Å²) in [6.07, 6.45) is 4.25. The molecule has 0 unspecified atom stereocenters. The number of halogens is 2. The van der Waals surface area contributed by atoms with E-state index < -0.39 is 5.82 Å². The van der Waals surface area contributed by atoms with Crippen LogP contribution in [0.3, 0.4) is 0 Å². The van der Waals surface area contributed by atoms with Gasteiger partial charge in [-0.2, -0.15) is 0 Å². The van der Waals surface area contributed by atoms with E-state index in [2.05, 4.69) is 27.5 Å². The Balaban J connectivity index is 2.11. The quantitative estimate of drug-likeness (QED) is 0.874. The van der Waals surface area contributed by atoms with E-state index in [9.17, 15) is 4.39 Å². The summed E-state index contributed by atoms with van der Waals surface area (Å²) in [4.78, 5) is 8.42. The summed E-state index contributed by atoms with van der Waals surface area (Å²) in [6.45, 7) is 2.91. The average Bonchev–Trinajstić information content (AvgIpc) is 2.41. The van der Waals surface area contributed by atoms with Gasteiger partial charge in [0.1, 0.15) is 11.6 Å². The number of rotatable bonds is 5. The fourth-order valence-electron chi connectivity index (χ4n) is 1.49. The van der Waals surface area contributed by atoms with Crippen molar-refractivity contribution in [3.05, 3.63) is 41.4 Å². The molecule has 1 aromatic heterocycles. The van der Waals surface area contributed by atoms with E-state index in [1.807, 2.05) is 0 Å². The highest BCUT2D eigenvalue weighted by Gasteiger charge is 2.03. The van der Waals surface area contributed by atoms with Crippen molar-refractivity contribution >= 4 is 28.9 Å². The zero-order valence-electron chi connectivity index (χ0n) is 10.5. The maximum atomic E-state index is 13.0. The predicted molar refractivity (Wildman–Crippen MR) is 75.5 cm³/mol. The Morgan fingerprint density at radius 3 is 2.79 bits per heavy atom. The second-order valence-corrected chi connectivity index (χ2v) is 4.38. The molecule has 0 spiro atoms. The molecule has 0 saturated heterocycles. The fraction of sp³-hybridized carbons (Fsp3) is 0.231. The van der Waals surface area contributed by atoms with E-state index >= 15 is 0 Å². The molecular weight excluding hydrogens is 267 g/mol. The minimum atomic E-state index is -0.448. The second kappa shape index (κ2) is 6.33. The molecule has 4 nitrogen and oxygen atoms in total. The van der Waals surface area contributed by atoms with Crippen LogP contribution in [0, 0.1) is 5.82 Å². The van der Waals surface area contributed by atoms with E-state index in [4.69, 9.17) is 11.6 Å². The molecule has 0 fully saturated rings. The molecule has 0 bridgehead atoms. The highest BCUT2D eigenvalue weighted by molar-refractivity contribution is 6.31. The highest BCUT2D eigenvalue weighted by atomic mass is 35.5. The summed E-state index contributed by atoms with van der Waals surface area (Å²) in [5.74, 6) is 0.820. The van der Waals surface area contributed by atoms with Gasteiger partial charge in [-0.3, -0.25) is 4.98 Å².